The Morgan fingerprint density at radius 2 is 2.15 bits per heavy atom. The normalized spacial score (nSPS) is 17.4. The lowest BCUT2D eigenvalue weighted by Crippen LogP contribution is -2.41. The molecule has 0 aliphatic carbocycles. The lowest BCUT2D eigenvalue weighted by molar-refractivity contribution is -0.134. The predicted octanol–water partition coefficient (Wildman–Crippen LogP) is 4.84. The number of hydrogen-bond acceptors (Lipinski definition) is 4. The summed E-state index contributed by atoms with van der Waals surface area (Å²) in [6.45, 7) is 1.59. The number of amides is 1. The number of likely N-dealkylation sites (tertiary alicyclic amines) is 1. The number of thiazole rings is 1. The van der Waals surface area contributed by atoms with Crippen molar-refractivity contribution in [1.29, 1.82) is 0 Å². The molecule has 3 aromatic rings. The number of rotatable bonds is 4. The molecule has 134 valence electrons. The molecule has 0 unspecified atom stereocenters. The SMILES string of the molecule is O=C(COc1cccc(Br)c1)N1CCC[C@@H](c2nc3ccccc3s2)C1. The Hall–Kier alpha value is -1.92. The van der Waals surface area contributed by atoms with Crippen molar-refractivity contribution < 1.29 is 9.53 Å². The Bertz CT molecular complexity index is 894. The number of piperidine rings is 1. The van der Waals surface area contributed by atoms with Crippen molar-refractivity contribution in [2.45, 2.75) is 18.8 Å². The van der Waals surface area contributed by atoms with Crippen molar-refractivity contribution in [1.82, 2.24) is 9.88 Å². The molecule has 1 saturated heterocycles. The van der Waals surface area contributed by atoms with Crippen LogP contribution < -0.4 is 4.74 Å². The van der Waals surface area contributed by atoms with Gasteiger partial charge in [-0.05, 0) is 43.2 Å². The molecule has 1 fully saturated rings. The second-order valence-corrected chi connectivity index (χ2v) is 8.42. The molecule has 1 amide bonds. The summed E-state index contributed by atoms with van der Waals surface area (Å²) in [4.78, 5) is 19.3. The largest absolute Gasteiger partial charge is 0.484 e. The summed E-state index contributed by atoms with van der Waals surface area (Å²) in [5, 5.41) is 1.14. The Kier molecular flexibility index (Phi) is 5.22. The maximum absolute atomic E-state index is 12.6. The third-order valence-corrected chi connectivity index (χ3v) is 6.28. The molecule has 0 radical (unpaired) electrons. The van der Waals surface area contributed by atoms with E-state index in [0.717, 1.165) is 40.9 Å². The second-order valence-electron chi connectivity index (χ2n) is 6.44. The lowest BCUT2D eigenvalue weighted by Gasteiger charge is -2.31. The number of nitrogens with zero attached hydrogens (tertiary/aromatic N) is 2. The number of hydrogen-bond donors (Lipinski definition) is 0. The van der Waals surface area contributed by atoms with Crippen LogP contribution in [-0.2, 0) is 4.79 Å². The summed E-state index contributed by atoms with van der Waals surface area (Å²) in [7, 11) is 0. The zero-order valence-corrected chi connectivity index (χ0v) is 16.6. The smallest absolute Gasteiger partial charge is 0.260 e. The van der Waals surface area contributed by atoms with Gasteiger partial charge in [0.2, 0.25) is 0 Å². The molecule has 4 rings (SSSR count). The third-order valence-electron chi connectivity index (χ3n) is 4.59. The average Bonchev–Trinajstić information content (AvgIpc) is 3.10. The summed E-state index contributed by atoms with van der Waals surface area (Å²) in [6.07, 6.45) is 2.08. The van der Waals surface area contributed by atoms with Crippen molar-refractivity contribution in [2.75, 3.05) is 19.7 Å². The highest BCUT2D eigenvalue weighted by molar-refractivity contribution is 9.10. The molecule has 0 saturated carbocycles. The van der Waals surface area contributed by atoms with E-state index in [1.54, 1.807) is 11.3 Å². The van der Waals surface area contributed by atoms with Crippen molar-refractivity contribution in [2.24, 2.45) is 0 Å². The van der Waals surface area contributed by atoms with Gasteiger partial charge in [0.05, 0.1) is 15.2 Å². The fourth-order valence-electron chi connectivity index (χ4n) is 3.26. The fraction of sp³-hybridized carbons (Fsp3) is 0.300. The summed E-state index contributed by atoms with van der Waals surface area (Å²) in [5.41, 5.74) is 1.05. The van der Waals surface area contributed by atoms with Crippen LogP contribution in [0.1, 0.15) is 23.8 Å². The van der Waals surface area contributed by atoms with Gasteiger partial charge < -0.3 is 9.64 Å². The molecule has 1 aliphatic heterocycles. The molecular weight excluding hydrogens is 412 g/mol. The van der Waals surface area contributed by atoms with Crippen LogP contribution in [0.5, 0.6) is 5.75 Å². The van der Waals surface area contributed by atoms with Gasteiger partial charge in [-0.1, -0.05) is 34.1 Å². The minimum absolute atomic E-state index is 0.0378. The molecule has 1 aromatic heterocycles. The van der Waals surface area contributed by atoms with E-state index < -0.39 is 0 Å². The zero-order chi connectivity index (χ0) is 17.9. The van der Waals surface area contributed by atoms with Crippen LogP contribution in [-0.4, -0.2) is 35.5 Å². The van der Waals surface area contributed by atoms with Crippen LogP contribution in [0, 0.1) is 0 Å². The quantitative estimate of drug-likeness (QED) is 0.594. The standard InChI is InChI=1S/C20H19BrN2O2S/c21-15-6-3-7-16(11-15)25-13-19(24)23-10-4-5-14(12-23)20-22-17-8-1-2-9-18(17)26-20/h1-3,6-9,11,14H,4-5,10,12-13H2/t14-/m1/s1. The van der Waals surface area contributed by atoms with E-state index in [2.05, 4.69) is 22.0 Å². The number of benzene rings is 2. The van der Waals surface area contributed by atoms with Crippen LogP contribution in [0.2, 0.25) is 0 Å². The maximum atomic E-state index is 12.6. The van der Waals surface area contributed by atoms with Crippen LogP contribution in [0.4, 0.5) is 0 Å². The Morgan fingerprint density at radius 1 is 1.27 bits per heavy atom. The Labute approximate surface area is 164 Å². The summed E-state index contributed by atoms with van der Waals surface area (Å²) in [5.74, 6) is 1.05. The number of halogens is 1. The lowest BCUT2D eigenvalue weighted by atomic mass is 9.99. The highest BCUT2D eigenvalue weighted by Crippen LogP contribution is 2.33. The van der Waals surface area contributed by atoms with Crippen molar-refractivity contribution in [3.05, 3.63) is 58.0 Å². The predicted molar refractivity (Wildman–Crippen MR) is 108 cm³/mol. The minimum Gasteiger partial charge on any atom is -0.484 e. The van der Waals surface area contributed by atoms with Gasteiger partial charge in [0.1, 0.15) is 5.75 Å². The second kappa shape index (κ2) is 7.76. The van der Waals surface area contributed by atoms with Crippen LogP contribution in [0.3, 0.4) is 0 Å². The van der Waals surface area contributed by atoms with E-state index in [-0.39, 0.29) is 12.5 Å². The van der Waals surface area contributed by atoms with Gasteiger partial charge in [-0.3, -0.25) is 4.79 Å². The first-order valence-electron chi connectivity index (χ1n) is 8.70. The average molecular weight is 431 g/mol. The first-order valence-corrected chi connectivity index (χ1v) is 10.3. The van der Waals surface area contributed by atoms with E-state index in [1.165, 1.54) is 4.70 Å². The Balaban J connectivity index is 1.40. The molecule has 1 atom stereocenters. The van der Waals surface area contributed by atoms with Crippen LogP contribution >= 0.6 is 27.3 Å². The van der Waals surface area contributed by atoms with E-state index in [9.17, 15) is 4.79 Å². The van der Waals surface area contributed by atoms with Crippen LogP contribution in [0.15, 0.2) is 53.0 Å². The van der Waals surface area contributed by atoms with Gasteiger partial charge in [-0.2, -0.15) is 0 Å². The van der Waals surface area contributed by atoms with E-state index in [1.807, 2.05) is 47.4 Å². The number of fused-ring (bicyclic) bond motifs is 1. The third kappa shape index (κ3) is 3.91. The highest BCUT2D eigenvalue weighted by atomic mass is 79.9. The summed E-state index contributed by atoms with van der Waals surface area (Å²) in [6, 6.07) is 15.8. The van der Waals surface area contributed by atoms with Crippen molar-refractivity contribution in [3.63, 3.8) is 0 Å². The van der Waals surface area contributed by atoms with Crippen molar-refractivity contribution in [3.8, 4) is 5.75 Å². The van der Waals surface area contributed by atoms with Crippen molar-refractivity contribution >= 4 is 43.4 Å². The molecule has 4 nitrogen and oxygen atoms in total. The van der Waals surface area contributed by atoms with Gasteiger partial charge >= 0.3 is 0 Å². The molecule has 0 spiro atoms. The van der Waals surface area contributed by atoms with Gasteiger partial charge in [-0.15, -0.1) is 11.3 Å². The van der Waals surface area contributed by atoms with Gasteiger partial charge in [0.25, 0.3) is 5.91 Å². The number of carbonyl (C=O) groups is 1. The molecule has 2 heterocycles. The number of ether oxygens (including phenoxy) is 1. The van der Waals surface area contributed by atoms with Gasteiger partial charge in [-0.25, -0.2) is 4.98 Å². The first kappa shape index (κ1) is 17.5. The Morgan fingerprint density at radius 3 is 3.00 bits per heavy atom. The molecule has 0 bridgehead atoms. The van der Waals surface area contributed by atoms with Gasteiger partial charge in [0.15, 0.2) is 6.61 Å². The summed E-state index contributed by atoms with van der Waals surface area (Å²) < 4.78 is 7.81. The number of aromatic nitrogens is 1. The molecular formula is C20H19BrN2O2S. The first-order chi connectivity index (χ1) is 12.7. The van der Waals surface area contributed by atoms with Gasteiger partial charge in [0, 0.05) is 23.5 Å². The van der Waals surface area contributed by atoms with E-state index in [0.29, 0.717) is 11.7 Å². The molecule has 6 heteroatoms. The fourth-order valence-corrected chi connectivity index (χ4v) is 4.73. The molecule has 2 aromatic carbocycles. The zero-order valence-electron chi connectivity index (χ0n) is 14.2. The van der Waals surface area contributed by atoms with E-state index >= 15 is 0 Å². The highest BCUT2D eigenvalue weighted by Gasteiger charge is 2.27. The molecule has 26 heavy (non-hydrogen) atoms. The maximum Gasteiger partial charge on any atom is 0.260 e. The van der Waals surface area contributed by atoms with E-state index in [4.69, 9.17) is 9.72 Å². The monoisotopic (exact) mass is 430 g/mol. The number of para-hydroxylation sites is 1. The number of carbonyl (C=O) groups excluding carboxylic acids is 1. The molecule has 0 N–H and O–H groups in total. The molecule has 1 aliphatic rings. The minimum atomic E-state index is 0.0378. The summed E-state index contributed by atoms with van der Waals surface area (Å²) >= 11 is 5.16. The van der Waals surface area contributed by atoms with Crippen LogP contribution in [0.25, 0.3) is 10.2 Å². The topological polar surface area (TPSA) is 42.4 Å².